The highest BCUT2D eigenvalue weighted by Gasteiger charge is 2.57. The third-order valence-electron chi connectivity index (χ3n) is 5.09. The molecule has 29 heavy (non-hydrogen) atoms. The largest absolute Gasteiger partial charge is 0.494 e. The van der Waals surface area contributed by atoms with Crippen molar-refractivity contribution in [3.63, 3.8) is 0 Å². The van der Waals surface area contributed by atoms with Gasteiger partial charge in [-0.05, 0) is 44.9 Å². The van der Waals surface area contributed by atoms with Crippen LogP contribution in [0.5, 0.6) is 5.75 Å². The zero-order chi connectivity index (χ0) is 21.6. The fraction of sp³-hybridized carbons (Fsp3) is 0.591. The summed E-state index contributed by atoms with van der Waals surface area (Å²) in [6, 6.07) is 6.87. The molecule has 7 nitrogen and oxygen atoms in total. The van der Waals surface area contributed by atoms with Crippen molar-refractivity contribution in [1.82, 2.24) is 0 Å². The summed E-state index contributed by atoms with van der Waals surface area (Å²) in [6.07, 6.45) is 0.533. The van der Waals surface area contributed by atoms with Crippen LogP contribution in [0.3, 0.4) is 0 Å². The lowest BCUT2D eigenvalue weighted by atomic mass is 9.61. The lowest BCUT2D eigenvalue weighted by molar-refractivity contribution is -0.172. The predicted molar refractivity (Wildman–Crippen MR) is 105 cm³/mol. The Morgan fingerprint density at radius 1 is 1.07 bits per heavy atom. The van der Waals surface area contributed by atoms with E-state index < -0.39 is 41.1 Å². The molecule has 0 heterocycles. The van der Waals surface area contributed by atoms with Crippen molar-refractivity contribution in [2.75, 3.05) is 19.8 Å². The van der Waals surface area contributed by atoms with E-state index in [2.05, 4.69) is 0 Å². The van der Waals surface area contributed by atoms with Gasteiger partial charge in [-0.15, -0.1) is 0 Å². The molecule has 0 bridgehead atoms. The fourth-order valence-electron chi connectivity index (χ4n) is 3.89. The molecule has 0 radical (unpaired) electrons. The van der Waals surface area contributed by atoms with E-state index >= 15 is 0 Å². The van der Waals surface area contributed by atoms with Crippen LogP contribution in [0.15, 0.2) is 24.3 Å². The zero-order valence-electron chi connectivity index (χ0n) is 17.5. The normalized spacial score (nSPS) is 26.7. The number of hydrogen-bond acceptors (Lipinski definition) is 7. The molecule has 4 atom stereocenters. The standard InChI is InChI=1S/C22H30O7/c1-5-12-29-15-10-8-14(9-11-15)17-18(20(24)27-6-2)16(23)13-22(4,26)19(17)21(25)28-7-3/h8-11,17-19,26H,5-7,12-13H2,1-4H3/t17-,18-,19-,22+/m1/s1. The lowest BCUT2D eigenvalue weighted by Crippen LogP contribution is -2.55. The number of esters is 2. The Labute approximate surface area is 171 Å². The van der Waals surface area contributed by atoms with Crippen molar-refractivity contribution >= 4 is 17.7 Å². The third kappa shape index (κ3) is 5.15. The minimum atomic E-state index is -1.64. The van der Waals surface area contributed by atoms with Crippen LogP contribution in [0.4, 0.5) is 0 Å². The quantitative estimate of drug-likeness (QED) is 0.523. The summed E-state index contributed by atoms with van der Waals surface area (Å²) in [7, 11) is 0. The van der Waals surface area contributed by atoms with Crippen LogP contribution in [0.25, 0.3) is 0 Å². The first kappa shape index (κ1) is 22.9. The van der Waals surface area contributed by atoms with Gasteiger partial charge < -0.3 is 19.3 Å². The summed E-state index contributed by atoms with van der Waals surface area (Å²) < 4.78 is 15.9. The maximum atomic E-state index is 12.8. The van der Waals surface area contributed by atoms with Crippen molar-refractivity contribution in [2.45, 2.75) is 52.1 Å². The Bertz CT molecular complexity index is 723. The molecule has 7 heteroatoms. The molecule has 0 unspecified atom stereocenters. The zero-order valence-corrected chi connectivity index (χ0v) is 17.5. The van der Waals surface area contributed by atoms with Crippen molar-refractivity contribution < 1.29 is 33.7 Å². The van der Waals surface area contributed by atoms with Gasteiger partial charge in [-0.3, -0.25) is 14.4 Å². The molecule has 1 saturated carbocycles. The van der Waals surface area contributed by atoms with Crippen LogP contribution in [0, 0.1) is 11.8 Å². The minimum absolute atomic E-state index is 0.111. The summed E-state index contributed by atoms with van der Waals surface area (Å²) in [5, 5.41) is 10.9. The average molecular weight is 406 g/mol. The molecular weight excluding hydrogens is 376 g/mol. The van der Waals surface area contributed by atoms with Crippen LogP contribution in [-0.4, -0.2) is 48.3 Å². The van der Waals surface area contributed by atoms with E-state index in [4.69, 9.17) is 14.2 Å². The van der Waals surface area contributed by atoms with Crippen LogP contribution < -0.4 is 4.74 Å². The molecule has 0 spiro atoms. The average Bonchev–Trinajstić information content (AvgIpc) is 2.65. The molecule has 1 aromatic rings. The van der Waals surface area contributed by atoms with Gasteiger partial charge in [-0.25, -0.2) is 0 Å². The molecular formula is C22H30O7. The maximum absolute atomic E-state index is 12.8. The van der Waals surface area contributed by atoms with Gasteiger partial charge in [0.05, 0.1) is 31.3 Å². The number of carbonyl (C=O) groups is 3. The molecule has 1 aliphatic rings. The van der Waals surface area contributed by atoms with Crippen LogP contribution in [-0.2, 0) is 23.9 Å². The van der Waals surface area contributed by atoms with Crippen molar-refractivity contribution in [3.8, 4) is 5.75 Å². The second kappa shape index (κ2) is 9.87. The maximum Gasteiger partial charge on any atom is 0.317 e. The third-order valence-corrected chi connectivity index (χ3v) is 5.09. The van der Waals surface area contributed by atoms with Gasteiger partial charge in [-0.1, -0.05) is 19.1 Å². The highest BCUT2D eigenvalue weighted by Crippen LogP contribution is 2.47. The first-order valence-corrected chi connectivity index (χ1v) is 10.1. The summed E-state index contributed by atoms with van der Waals surface area (Å²) in [6.45, 7) is 7.54. The SMILES string of the molecule is CCCOc1ccc([C@@H]2[C@H](C(=O)OCC)C(=O)C[C@](C)(O)[C@H]2C(=O)OCC)cc1. The van der Waals surface area contributed by atoms with Gasteiger partial charge >= 0.3 is 11.9 Å². The predicted octanol–water partition coefficient (Wildman–Crippen LogP) is 2.64. The van der Waals surface area contributed by atoms with E-state index in [-0.39, 0.29) is 19.6 Å². The molecule has 1 aromatic carbocycles. The Hall–Kier alpha value is -2.41. The van der Waals surface area contributed by atoms with Gasteiger partial charge in [0.1, 0.15) is 11.7 Å². The molecule has 0 saturated heterocycles. The van der Waals surface area contributed by atoms with E-state index in [9.17, 15) is 19.5 Å². The molecule has 0 aliphatic heterocycles. The van der Waals surface area contributed by atoms with Crippen molar-refractivity contribution in [1.29, 1.82) is 0 Å². The number of carbonyl (C=O) groups excluding carboxylic acids is 3. The van der Waals surface area contributed by atoms with E-state index in [1.54, 1.807) is 38.1 Å². The van der Waals surface area contributed by atoms with Gasteiger partial charge in [0.25, 0.3) is 0 Å². The topological polar surface area (TPSA) is 99.1 Å². The number of ether oxygens (including phenoxy) is 3. The number of hydrogen-bond donors (Lipinski definition) is 1. The van der Waals surface area contributed by atoms with Crippen LogP contribution in [0.2, 0.25) is 0 Å². The van der Waals surface area contributed by atoms with Crippen LogP contribution in [0.1, 0.15) is 52.0 Å². The highest BCUT2D eigenvalue weighted by molar-refractivity contribution is 6.02. The number of benzene rings is 1. The first-order valence-electron chi connectivity index (χ1n) is 10.1. The van der Waals surface area contributed by atoms with Gasteiger partial charge in [0.2, 0.25) is 0 Å². The number of aliphatic hydroxyl groups is 1. The summed E-state index contributed by atoms with van der Waals surface area (Å²) >= 11 is 0. The van der Waals surface area contributed by atoms with E-state index in [0.29, 0.717) is 17.9 Å². The van der Waals surface area contributed by atoms with E-state index in [0.717, 1.165) is 6.42 Å². The number of ketones is 1. The molecule has 1 N–H and O–H groups in total. The second-order valence-corrected chi connectivity index (χ2v) is 7.40. The Kier molecular flexibility index (Phi) is 7.79. The monoisotopic (exact) mass is 406 g/mol. The summed E-state index contributed by atoms with van der Waals surface area (Å²) in [5.41, 5.74) is -1.08. The fourth-order valence-corrected chi connectivity index (χ4v) is 3.89. The van der Waals surface area contributed by atoms with E-state index in [1.165, 1.54) is 6.92 Å². The van der Waals surface area contributed by atoms with Crippen molar-refractivity contribution in [3.05, 3.63) is 29.8 Å². The van der Waals surface area contributed by atoms with Gasteiger partial charge in [0, 0.05) is 12.3 Å². The molecule has 160 valence electrons. The molecule has 2 rings (SSSR count). The molecule has 0 aromatic heterocycles. The highest BCUT2D eigenvalue weighted by atomic mass is 16.5. The summed E-state index contributed by atoms with van der Waals surface area (Å²) in [5.74, 6) is -4.32. The number of Topliss-reactive ketones (excluding diaryl/α,β-unsaturated/α-hetero) is 1. The first-order chi connectivity index (χ1) is 13.8. The molecule has 1 fully saturated rings. The summed E-state index contributed by atoms with van der Waals surface area (Å²) in [4.78, 5) is 38.2. The van der Waals surface area contributed by atoms with Crippen LogP contribution >= 0.6 is 0 Å². The minimum Gasteiger partial charge on any atom is -0.494 e. The Balaban J connectivity index is 2.52. The van der Waals surface area contributed by atoms with Gasteiger partial charge in [-0.2, -0.15) is 0 Å². The lowest BCUT2D eigenvalue weighted by Gasteiger charge is -2.43. The Morgan fingerprint density at radius 3 is 2.21 bits per heavy atom. The molecule has 1 aliphatic carbocycles. The van der Waals surface area contributed by atoms with Gasteiger partial charge in [0.15, 0.2) is 5.78 Å². The smallest absolute Gasteiger partial charge is 0.317 e. The second-order valence-electron chi connectivity index (χ2n) is 7.40. The van der Waals surface area contributed by atoms with E-state index in [1.807, 2.05) is 6.92 Å². The Morgan fingerprint density at radius 2 is 1.66 bits per heavy atom. The van der Waals surface area contributed by atoms with Crippen molar-refractivity contribution in [2.24, 2.45) is 11.8 Å². The molecule has 0 amide bonds. The number of rotatable bonds is 8.